The van der Waals surface area contributed by atoms with Crippen LogP contribution < -0.4 is 9.47 Å². The minimum Gasteiger partial charge on any atom is -0.493 e. The van der Waals surface area contributed by atoms with Crippen LogP contribution in [0.15, 0.2) is 36.4 Å². The second-order valence-corrected chi connectivity index (χ2v) is 6.92. The number of rotatable bonds is 14. The van der Waals surface area contributed by atoms with Gasteiger partial charge < -0.3 is 9.47 Å². The predicted molar refractivity (Wildman–Crippen MR) is 111 cm³/mol. The summed E-state index contributed by atoms with van der Waals surface area (Å²) in [5.41, 5.74) is 1.79. The summed E-state index contributed by atoms with van der Waals surface area (Å²) in [4.78, 5) is 0. The van der Waals surface area contributed by atoms with Gasteiger partial charge in [-0.25, -0.2) is 0 Å². The second-order valence-electron chi connectivity index (χ2n) is 6.92. The molecule has 0 unspecified atom stereocenters. The van der Waals surface area contributed by atoms with Crippen LogP contribution in [0.4, 0.5) is 0 Å². The largest absolute Gasteiger partial charge is 0.493 e. The lowest BCUT2D eigenvalue weighted by Crippen LogP contribution is -2.02. The fourth-order valence-electron chi connectivity index (χ4n) is 2.94. The molecule has 1 heterocycles. The van der Waals surface area contributed by atoms with Crippen molar-refractivity contribution in [3.05, 3.63) is 36.4 Å². The summed E-state index contributed by atoms with van der Waals surface area (Å²) in [6, 6.07) is 11.9. The number of ether oxygens (including phenoxy) is 2. The Morgan fingerprint density at radius 2 is 1.33 bits per heavy atom. The molecule has 0 atom stereocenters. The van der Waals surface area contributed by atoms with Gasteiger partial charge in [0.1, 0.15) is 5.75 Å². The predicted octanol–water partition coefficient (Wildman–Crippen LogP) is 6.45. The van der Waals surface area contributed by atoms with Gasteiger partial charge in [0, 0.05) is 11.6 Å². The molecule has 0 spiro atoms. The maximum atomic E-state index is 6.02. The molecule has 0 aliphatic heterocycles. The zero-order valence-corrected chi connectivity index (χ0v) is 17.0. The molecule has 0 saturated heterocycles. The molecule has 27 heavy (non-hydrogen) atoms. The topological polar surface area (TPSA) is 44.2 Å². The van der Waals surface area contributed by atoms with Crippen molar-refractivity contribution in [2.45, 2.75) is 71.6 Å². The fraction of sp³-hybridized carbons (Fsp3) is 0.565. The van der Waals surface area contributed by atoms with E-state index < -0.39 is 0 Å². The third-order valence-electron chi connectivity index (χ3n) is 4.56. The molecular formula is C23H34N2O2. The second kappa shape index (κ2) is 13.1. The zero-order chi connectivity index (χ0) is 19.2. The zero-order valence-electron chi connectivity index (χ0n) is 17.0. The van der Waals surface area contributed by atoms with Crippen molar-refractivity contribution in [1.82, 2.24) is 10.2 Å². The van der Waals surface area contributed by atoms with Crippen molar-refractivity contribution in [2.75, 3.05) is 13.2 Å². The number of hydrogen-bond acceptors (Lipinski definition) is 4. The van der Waals surface area contributed by atoms with Crippen LogP contribution in [-0.2, 0) is 0 Å². The maximum absolute atomic E-state index is 6.02. The molecule has 1 aromatic carbocycles. The normalized spacial score (nSPS) is 10.7. The molecule has 0 bridgehead atoms. The summed E-state index contributed by atoms with van der Waals surface area (Å²) in [7, 11) is 0. The van der Waals surface area contributed by atoms with E-state index in [2.05, 4.69) is 24.0 Å². The Morgan fingerprint density at radius 3 is 2.11 bits per heavy atom. The first kappa shape index (κ1) is 21.2. The number of para-hydroxylation sites is 1. The van der Waals surface area contributed by atoms with Gasteiger partial charge in [0.25, 0.3) is 0 Å². The quantitative estimate of drug-likeness (QED) is 0.358. The molecule has 0 aliphatic carbocycles. The molecule has 2 rings (SSSR count). The first-order valence-electron chi connectivity index (χ1n) is 10.5. The average molecular weight is 371 g/mol. The summed E-state index contributed by atoms with van der Waals surface area (Å²) < 4.78 is 11.7. The van der Waals surface area contributed by atoms with Crippen LogP contribution in [0.5, 0.6) is 11.6 Å². The third-order valence-corrected chi connectivity index (χ3v) is 4.56. The van der Waals surface area contributed by atoms with Crippen LogP contribution in [0, 0.1) is 0 Å². The number of unbranched alkanes of at least 4 members (excludes halogenated alkanes) is 7. The highest BCUT2D eigenvalue weighted by Crippen LogP contribution is 2.28. The average Bonchev–Trinajstić information content (AvgIpc) is 2.71. The molecule has 1 aromatic heterocycles. The number of benzene rings is 1. The van der Waals surface area contributed by atoms with Crippen LogP contribution in [-0.4, -0.2) is 23.4 Å². The summed E-state index contributed by atoms with van der Waals surface area (Å²) in [5.74, 6) is 1.46. The Labute approximate surface area is 164 Å². The molecule has 0 aliphatic rings. The smallest absolute Gasteiger partial charge is 0.233 e. The SMILES string of the molecule is CCCCCCCCOc1ccccc1-c1ccc(OCCCCC)nn1. The van der Waals surface area contributed by atoms with Crippen molar-refractivity contribution in [2.24, 2.45) is 0 Å². The van der Waals surface area contributed by atoms with Gasteiger partial charge in [-0.15, -0.1) is 10.2 Å². The lowest BCUT2D eigenvalue weighted by atomic mass is 10.1. The first-order valence-corrected chi connectivity index (χ1v) is 10.5. The first-order chi connectivity index (χ1) is 13.3. The van der Waals surface area contributed by atoms with E-state index in [0.717, 1.165) is 36.5 Å². The highest BCUT2D eigenvalue weighted by Gasteiger charge is 2.08. The Morgan fingerprint density at radius 1 is 0.667 bits per heavy atom. The van der Waals surface area contributed by atoms with E-state index in [1.165, 1.54) is 44.9 Å². The van der Waals surface area contributed by atoms with Gasteiger partial charge >= 0.3 is 0 Å². The number of hydrogen-bond donors (Lipinski definition) is 0. The Balaban J connectivity index is 1.85. The molecule has 0 N–H and O–H groups in total. The Hall–Kier alpha value is -2.10. The summed E-state index contributed by atoms with van der Waals surface area (Å²) in [6.07, 6.45) is 11.0. The summed E-state index contributed by atoms with van der Waals surface area (Å²) >= 11 is 0. The standard InChI is InChI=1S/C23H34N2O2/c1-3-5-7-8-9-13-18-26-22-15-11-10-14-20(22)21-16-17-23(25-24-21)27-19-12-6-4-2/h10-11,14-17H,3-9,12-13,18-19H2,1-2H3. The highest BCUT2D eigenvalue weighted by molar-refractivity contribution is 5.66. The van der Waals surface area contributed by atoms with Gasteiger partial charge in [0.15, 0.2) is 0 Å². The van der Waals surface area contributed by atoms with Crippen LogP contribution in [0.1, 0.15) is 71.6 Å². The fourth-order valence-corrected chi connectivity index (χ4v) is 2.94. The van der Waals surface area contributed by atoms with E-state index in [9.17, 15) is 0 Å². The van der Waals surface area contributed by atoms with Gasteiger partial charge in [-0.05, 0) is 31.0 Å². The molecule has 0 saturated carbocycles. The maximum Gasteiger partial charge on any atom is 0.233 e. The van der Waals surface area contributed by atoms with E-state index >= 15 is 0 Å². The molecule has 2 aromatic rings. The van der Waals surface area contributed by atoms with Gasteiger partial charge in [0.05, 0.1) is 18.9 Å². The number of aromatic nitrogens is 2. The molecular weight excluding hydrogens is 336 g/mol. The Bertz CT molecular complexity index is 629. The minimum absolute atomic E-state index is 0.584. The molecule has 0 amide bonds. The monoisotopic (exact) mass is 370 g/mol. The van der Waals surface area contributed by atoms with E-state index in [4.69, 9.17) is 9.47 Å². The van der Waals surface area contributed by atoms with Crippen molar-refractivity contribution < 1.29 is 9.47 Å². The van der Waals surface area contributed by atoms with Crippen molar-refractivity contribution in [1.29, 1.82) is 0 Å². The number of nitrogens with zero attached hydrogens (tertiary/aromatic N) is 2. The molecule has 4 heteroatoms. The lowest BCUT2D eigenvalue weighted by molar-refractivity contribution is 0.291. The van der Waals surface area contributed by atoms with E-state index in [0.29, 0.717) is 12.5 Å². The molecule has 0 radical (unpaired) electrons. The van der Waals surface area contributed by atoms with Crippen LogP contribution in [0.3, 0.4) is 0 Å². The third kappa shape index (κ3) is 7.98. The highest BCUT2D eigenvalue weighted by atomic mass is 16.5. The lowest BCUT2D eigenvalue weighted by Gasteiger charge is -2.11. The van der Waals surface area contributed by atoms with E-state index in [1.807, 2.05) is 36.4 Å². The molecule has 4 nitrogen and oxygen atoms in total. The van der Waals surface area contributed by atoms with Gasteiger partial charge in [-0.1, -0.05) is 70.9 Å². The molecule has 0 fully saturated rings. The summed E-state index contributed by atoms with van der Waals surface area (Å²) in [6.45, 7) is 5.86. The van der Waals surface area contributed by atoms with E-state index in [1.54, 1.807) is 0 Å². The van der Waals surface area contributed by atoms with Crippen LogP contribution in [0.25, 0.3) is 11.3 Å². The summed E-state index contributed by atoms with van der Waals surface area (Å²) in [5, 5.41) is 8.54. The Kier molecular flexibility index (Phi) is 10.3. The van der Waals surface area contributed by atoms with Crippen molar-refractivity contribution in [3.8, 4) is 22.9 Å². The van der Waals surface area contributed by atoms with Gasteiger partial charge in [-0.3, -0.25) is 0 Å². The van der Waals surface area contributed by atoms with Crippen LogP contribution >= 0.6 is 0 Å². The van der Waals surface area contributed by atoms with Crippen molar-refractivity contribution in [3.63, 3.8) is 0 Å². The molecule has 148 valence electrons. The minimum atomic E-state index is 0.584. The van der Waals surface area contributed by atoms with Crippen molar-refractivity contribution >= 4 is 0 Å². The van der Waals surface area contributed by atoms with Crippen LogP contribution in [0.2, 0.25) is 0 Å². The van der Waals surface area contributed by atoms with Gasteiger partial charge in [0.2, 0.25) is 5.88 Å². The van der Waals surface area contributed by atoms with E-state index in [-0.39, 0.29) is 0 Å². The van der Waals surface area contributed by atoms with Gasteiger partial charge in [-0.2, -0.15) is 0 Å².